The van der Waals surface area contributed by atoms with Crippen molar-refractivity contribution in [3.05, 3.63) is 64.3 Å². The molecule has 0 aliphatic carbocycles. The lowest BCUT2D eigenvalue weighted by Gasteiger charge is -2.33. The summed E-state index contributed by atoms with van der Waals surface area (Å²) in [6.07, 6.45) is 0. The minimum absolute atomic E-state index is 0.108. The average molecular weight is 471 g/mol. The van der Waals surface area contributed by atoms with E-state index in [-0.39, 0.29) is 5.91 Å². The average Bonchev–Trinajstić information content (AvgIpc) is 3.54. The van der Waals surface area contributed by atoms with Crippen molar-refractivity contribution in [2.75, 3.05) is 32.7 Å². The molecule has 0 unspecified atom stereocenters. The van der Waals surface area contributed by atoms with Crippen LogP contribution in [0.4, 0.5) is 0 Å². The molecule has 32 heavy (non-hydrogen) atoms. The number of piperazine rings is 1. The zero-order valence-electron chi connectivity index (χ0n) is 17.8. The number of nitrogens with one attached hydrogen (secondary N) is 1. The Kier molecular flexibility index (Phi) is 6.01. The van der Waals surface area contributed by atoms with Crippen LogP contribution >= 0.6 is 11.3 Å². The summed E-state index contributed by atoms with van der Waals surface area (Å²) >= 11 is 6.71. The molecule has 1 fully saturated rings. The smallest absolute Gasteiger partial charge is 0.282 e. The summed E-state index contributed by atoms with van der Waals surface area (Å²) in [7, 11) is 0. The summed E-state index contributed by atoms with van der Waals surface area (Å²) in [5, 5.41) is 7.27. The number of para-hydroxylation sites is 1. The first-order chi connectivity index (χ1) is 15.6. The molecule has 166 valence electrons. The van der Waals surface area contributed by atoms with Crippen molar-refractivity contribution in [2.24, 2.45) is 0 Å². The van der Waals surface area contributed by atoms with E-state index in [9.17, 15) is 4.79 Å². The number of benzene rings is 1. The molecule has 0 spiro atoms. The Morgan fingerprint density at radius 1 is 1.16 bits per heavy atom. The summed E-state index contributed by atoms with van der Waals surface area (Å²) < 4.78 is 8.37. The maximum absolute atomic E-state index is 13.2. The summed E-state index contributed by atoms with van der Waals surface area (Å²) in [6, 6.07) is 15.7. The highest BCUT2D eigenvalue weighted by Crippen LogP contribution is 2.30. The third kappa shape index (κ3) is 4.31. The van der Waals surface area contributed by atoms with Gasteiger partial charge in [0.1, 0.15) is 11.4 Å². The van der Waals surface area contributed by atoms with Crippen molar-refractivity contribution in [3.8, 4) is 10.6 Å². The van der Waals surface area contributed by atoms with Gasteiger partial charge in [0.15, 0.2) is 17.4 Å². The van der Waals surface area contributed by atoms with E-state index in [0.29, 0.717) is 18.0 Å². The predicted octanol–water partition coefficient (Wildman–Crippen LogP) is 3.38. The van der Waals surface area contributed by atoms with Crippen LogP contribution in [0.1, 0.15) is 23.1 Å². The first kappa shape index (κ1) is 21.2. The lowest BCUT2D eigenvalue weighted by atomic mass is 10.2. The van der Waals surface area contributed by atoms with E-state index in [1.165, 1.54) is 11.3 Å². The minimum atomic E-state index is -0.108. The molecule has 1 aliphatic rings. The van der Waals surface area contributed by atoms with Crippen molar-refractivity contribution < 1.29 is 20.9 Å². The summed E-state index contributed by atoms with van der Waals surface area (Å²) in [5.41, 5.74) is 5.45. The Hall–Kier alpha value is -2.65. The van der Waals surface area contributed by atoms with Crippen LogP contribution in [0.25, 0.3) is 21.5 Å². The second kappa shape index (κ2) is 9.07. The lowest BCUT2D eigenvalue weighted by molar-refractivity contribution is -0.281. The maximum atomic E-state index is 13.2. The third-order valence-electron chi connectivity index (χ3n) is 5.83. The molecule has 4 aromatic rings. The molecule has 0 bridgehead atoms. The van der Waals surface area contributed by atoms with Gasteiger partial charge in [-0.05, 0) is 24.7 Å². The van der Waals surface area contributed by atoms with Crippen LogP contribution in [0.3, 0.4) is 0 Å². The van der Waals surface area contributed by atoms with Crippen molar-refractivity contribution in [1.82, 2.24) is 25.1 Å². The second-order valence-corrected chi connectivity index (χ2v) is 9.62. The predicted molar refractivity (Wildman–Crippen MR) is 123 cm³/mol. The van der Waals surface area contributed by atoms with Gasteiger partial charge < -0.3 is 14.0 Å². The number of likely N-dealkylation sites (N-methyl/N-ethyl adjacent to an activating group) is 1. The molecule has 0 atom stereocenters. The number of nitrogens with zero attached hydrogens (tertiary/aromatic N) is 4. The Labute approximate surface area is 195 Å². The molecule has 1 N–H and O–H groups in total. The minimum Gasteiger partial charge on any atom is -0.355 e. The Morgan fingerprint density at radius 3 is 2.72 bits per heavy atom. The van der Waals surface area contributed by atoms with Crippen LogP contribution in [0, 0.1) is 11.6 Å². The number of fused-ring (bicyclic) bond motifs is 1. The van der Waals surface area contributed by atoms with E-state index < -0.39 is 0 Å². The van der Waals surface area contributed by atoms with E-state index in [1.54, 1.807) is 0 Å². The van der Waals surface area contributed by atoms with Crippen LogP contribution < -0.4 is 5.43 Å². The number of aromatic nitrogens is 2. The number of thiophene rings is 1. The van der Waals surface area contributed by atoms with Crippen molar-refractivity contribution >= 4 is 28.1 Å². The van der Waals surface area contributed by atoms with Gasteiger partial charge in [-0.15, -0.1) is 0 Å². The number of halogens is 1. The van der Waals surface area contributed by atoms with Gasteiger partial charge >= 0.3 is 0 Å². The molecule has 5 rings (SSSR count). The van der Waals surface area contributed by atoms with Crippen LogP contribution in [-0.2, 0) is 6.54 Å². The topological polar surface area (TPSA) is 66.5 Å². The highest BCUT2D eigenvalue weighted by atomic mass is 35.5. The summed E-state index contributed by atoms with van der Waals surface area (Å²) in [6.45, 7) is 7.18. The van der Waals surface area contributed by atoms with E-state index in [1.807, 2.05) is 58.1 Å². The fourth-order valence-corrected chi connectivity index (χ4v) is 5.09. The van der Waals surface area contributed by atoms with Crippen LogP contribution in [0.15, 0.2) is 53.1 Å². The molecule has 9 heteroatoms. The van der Waals surface area contributed by atoms with Crippen molar-refractivity contribution in [3.63, 3.8) is 0 Å². The van der Waals surface area contributed by atoms with Gasteiger partial charge in [0, 0.05) is 49.2 Å². The number of hydrogen-bond acceptors (Lipinski definition) is 6. The van der Waals surface area contributed by atoms with Crippen LogP contribution in [0.5, 0.6) is 0 Å². The monoisotopic (exact) mass is 470 g/mol. The molecular formula is C23H25ClN5O2S+. The van der Waals surface area contributed by atoms with E-state index in [0.717, 1.165) is 58.5 Å². The maximum Gasteiger partial charge on any atom is 0.282 e. The summed E-state index contributed by atoms with van der Waals surface area (Å²) in [5.74, 6) is 0.584. The largest absolute Gasteiger partial charge is 0.355 e. The lowest BCUT2D eigenvalue weighted by Crippen LogP contribution is -2.53. The molecule has 1 amide bonds. The number of rotatable bonds is 6. The number of amides is 1. The van der Waals surface area contributed by atoms with Gasteiger partial charge in [0.05, 0.1) is 11.4 Å². The quantitative estimate of drug-likeness (QED) is 0.468. The fraction of sp³-hybridized carbons (Fsp3) is 0.304. The highest BCUT2D eigenvalue weighted by Gasteiger charge is 2.22. The Morgan fingerprint density at radius 2 is 1.97 bits per heavy atom. The molecule has 1 saturated heterocycles. The molecule has 0 saturated carbocycles. The van der Waals surface area contributed by atoms with Crippen LogP contribution in [-0.4, -0.2) is 58.3 Å². The standard InChI is InChI=1S/C23H24ClN5O2S/c1-2-27-9-11-28(12-10-27)25-23(30)19-13-16-5-3-4-6-18(16)29(19)15-17-14-20(31-26-17)21-7-8-22(24)32-21/h3-8,13-14,24H,2,9-12,15H2,1H3/p+1. The molecule has 1 aliphatic heterocycles. The molecule has 0 radical (unpaired) electrons. The number of carbonyl (C=O) groups is 1. The van der Waals surface area contributed by atoms with Gasteiger partial charge in [0.2, 0.25) is 0 Å². The first-order valence-corrected chi connectivity index (χ1v) is 11.9. The zero-order valence-corrected chi connectivity index (χ0v) is 19.4. The number of hydrogen-bond donors (Lipinski definition) is 1. The molecule has 1 aromatic carbocycles. The van der Waals surface area contributed by atoms with Gasteiger partial charge in [-0.25, -0.2) is 5.01 Å². The first-order valence-electron chi connectivity index (χ1n) is 10.7. The third-order valence-corrected chi connectivity index (χ3v) is 7.11. The molecular weight excluding hydrogens is 446 g/mol. The number of hydrazine groups is 1. The normalized spacial score (nSPS) is 15.4. The molecule has 3 aromatic heterocycles. The van der Waals surface area contributed by atoms with E-state index in [4.69, 9.17) is 16.1 Å². The molecule has 7 nitrogen and oxygen atoms in total. The van der Waals surface area contributed by atoms with Gasteiger partial charge in [-0.1, -0.05) is 41.6 Å². The van der Waals surface area contributed by atoms with Crippen molar-refractivity contribution in [2.45, 2.75) is 13.5 Å². The molecule has 4 heterocycles. The zero-order chi connectivity index (χ0) is 22.1. The SMILES string of the molecule is CCN1CCN(NC(=O)c2cc3ccccc3n2Cc2cc(-c3ccc([ClH+])s3)on2)CC1. The Bertz CT molecular complexity index is 1240. The van der Waals surface area contributed by atoms with Crippen molar-refractivity contribution in [1.29, 1.82) is 0 Å². The summed E-state index contributed by atoms with van der Waals surface area (Å²) in [4.78, 5) is 16.6. The van der Waals surface area contributed by atoms with E-state index in [2.05, 4.69) is 22.4 Å². The Balaban J connectivity index is 1.40. The van der Waals surface area contributed by atoms with Gasteiger partial charge in [-0.3, -0.25) is 10.2 Å². The van der Waals surface area contributed by atoms with Gasteiger partial charge in [0.25, 0.3) is 10.2 Å². The number of carbonyl (C=O) groups excluding carboxylic acids is 1. The van der Waals surface area contributed by atoms with Gasteiger partial charge in [-0.2, -0.15) is 0 Å². The second-order valence-electron chi connectivity index (χ2n) is 7.84. The fourth-order valence-electron chi connectivity index (χ4n) is 4.06. The highest BCUT2D eigenvalue weighted by molar-refractivity contribution is 7.15. The van der Waals surface area contributed by atoms with E-state index >= 15 is 0 Å². The van der Waals surface area contributed by atoms with Crippen LogP contribution in [0.2, 0.25) is 4.34 Å².